The first-order valence-electron chi connectivity index (χ1n) is 6.85. The summed E-state index contributed by atoms with van der Waals surface area (Å²) < 4.78 is 25.2. The molecular weight excluding hydrogens is 310 g/mol. The van der Waals surface area contributed by atoms with Crippen LogP contribution in [0.4, 0.5) is 0 Å². The summed E-state index contributed by atoms with van der Waals surface area (Å²) in [7, 11) is -3.14. The van der Waals surface area contributed by atoms with Crippen molar-refractivity contribution in [2.75, 3.05) is 31.9 Å². The molecule has 1 aromatic carbocycles. The predicted octanol–water partition coefficient (Wildman–Crippen LogP) is 1.87. The molecule has 0 amide bonds. The quantitative estimate of drug-likeness (QED) is 0.847. The third-order valence-electron chi connectivity index (χ3n) is 3.70. The van der Waals surface area contributed by atoms with E-state index in [9.17, 15) is 13.7 Å². The van der Waals surface area contributed by atoms with Crippen molar-refractivity contribution >= 4 is 21.6 Å². The summed E-state index contributed by atoms with van der Waals surface area (Å²) in [5.41, 5.74) is 0.883. The SMILES string of the molecule is CCS(=O)(=O)N1CCN(C(C#N)c2ccc(Cl)cc2)CC1. The molecule has 1 heterocycles. The van der Waals surface area contributed by atoms with E-state index in [2.05, 4.69) is 6.07 Å². The smallest absolute Gasteiger partial charge is 0.213 e. The summed E-state index contributed by atoms with van der Waals surface area (Å²) in [5, 5.41) is 10.1. The van der Waals surface area contributed by atoms with Crippen molar-refractivity contribution in [2.24, 2.45) is 0 Å². The van der Waals surface area contributed by atoms with Crippen LogP contribution in [0.25, 0.3) is 0 Å². The number of rotatable bonds is 4. The maximum absolute atomic E-state index is 11.8. The van der Waals surface area contributed by atoms with Gasteiger partial charge in [-0.2, -0.15) is 9.57 Å². The molecule has 0 aliphatic carbocycles. The third-order valence-corrected chi connectivity index (χ3v) is 5.84. The molecule has 0 N–H and O–H groups in total. The first-order chi connectivity index (χ1) is 9.97. The summed E-state index contributed by atoms with van der Waals surface area (Å²) in [5.74, 6) is 0.117. The molecule has 1 aliphatic rings. The second kappa shape index (κ2) is 6.75. The zero-order valence-electron chi connectivity index (χ0n) is 11.9. The van der Waals surface area contributed by atoms with Crippen LogP contribution in [-0.4, -0.2) is 49.6 Å². The lowest BCUT2D eigenvalue weighted by atomic mass is 10.1. The van der Waals surface area contributed by atoms with Crippen molar-refractivity contribution in [2.45, 2.75) is 13.0 Å². The lowest BCUT2D eigenvalue weighted by molar-refractivity contribution is 0.163. The Morgan fingerprint density at radius 2 is 1.81 bits per heavy atom. The highest BCUT2D eigenvalue weighted by atomic mass is 35.5. The molecular formula is C14H18ClN3O2S. The predicted molar refractivity (Wildman–Crippen MR) is 82.4 cm³/mol. The van der Waals surface area contributed by atoms with Crippen LogP contribution in [0.2, 0.25) is 5.02 Å². The summed E-state index contributed by atoms with van der Waals surface area (Å²) >= 11 is 5.86. The van der Waals surface area contributed by atoms with Crippen molar-refractivity contribution in [1.82, 2.24) is 9.21 Å². The van der Waals surface area contributed by atoms with Gasteiger partial charge in [-0.15, -0.1) is 0 Å². The highest BCUT2D eigenvalue weighted by molar-refractivity contribution is 7.89. The normalized spacial score (nSPS) is 19.1. The lowest BCUT2D eigenvalue weighted by Gasteiger charge is -2.36. The molecule has 0 bridgehead atoms. The second-order valence-electron chi connectivity index (χ2n) is 4.92. The molecule has 0 saturated carbocycles. The van der Waals surface area contributed by atoms with Crippen molar-refractivity contribution in [3.63, 3.8) is 0 Å². The number of hydrogen-bond acceptors (Lipinski definition) is 4. The fraction of sp³-hybridized carbons (Fsp3) is 0.500. The topological polar surface area (TPSA) is 64.4 Å². The van der Waals surface area contributed by atoms with E-state index in [4.69, 9.17) is 11.6 Å². The Balaban J connectivity index is 2.07. The third kappa shape index (κ3) is 3.74. The van der Waals surface area contributed by atoms with Gasteiger partial charge in [0.2, 0.25) is 10.0 Å². The number of halogens is 1. The number of nitriles is 1. The Labute approximate surface area is 130 Å². The minimum Gasteiger partial charge on any atom is -0.282 e. The van der Waals surface area contributed by atoms with E-state index < -0.39 is 10.0 Å². The lowest BCUT2D eigenvalue weighted by Crippen LogP contribution is -2.49. The van der Waals surface area contributed by atoms with Gasteiger partial charge in [0.25, 0.3) is 0 Å². The molecule has 2 rings (SSSR count). The van der Waals surface area contributed by atoms with Gasteiger partial charge in [-0.3, -0.25) is 4.90 Å². The second-order valence-corrected chi connectivity index (χ2v) is 7.61. The van der Waals surface area contributed by atoms with Gasteiger partial charge < -0.3 is 0 Å². The standard InChI is InChI=1S/C14H18ClN3O2S/c1-2-21(19,20)18-9-7-17(8-10-18)14(11-16)12-3-5-13(15)6-4-12/h3-6,14H,2,7-10H2,1H3. The largest absolute Gasteiger partial charge is 0.282 e. The zero-order chi connectivity index (χ0) is 15.5. The van der Waals surface area contributed by atoms with E-state index in [1.807, 2.05) is 17.0 Å². The summed E-state index contributed by atoms with van der Waals surface area (Å²) in [6.07, 6.45) is 0. The van der Waals surface area contributed by atoms with Gasteiger partial charge in [0.15, 0.2) is 0 Å². The van der Waals surface area contributed by atoms with Crippen LogP contribution in [0, 0.1) is 11.3 Å². The Bertz CT molecular complexity index is 617. The molecule has 114 valence electrons. The summed E-state index contributed by atoms with van der Waals surface area (Å²) in [6, 6.07) is 9.13. The maximum atomic E-state index is 11.8. The van der Waals surface area contributed by atoms with Crippen LogP contribution in [0.3, 0.4) is 0 Å². The maximum Gasteiger partial charge on any atom is 0.213 e. The number of hydrogen-bond donors (Lipinski definition) is 0. The molecule has 5 nitrogen and oxygen atoms in total. The number of piperazine rings is 1. The minimum atomic E-state index is -3.14. The molecule has 21 heavy (non-hydrogen) atoms. The van der Waals surface area contributed by atoms with Gasteiger partial charge in [0.1, 0.15) is 6.04 Å². The van der Waals surface area contributed by atoms with Crippen molar-refractivity contribution in [3.8, 4) is 6.07 Å². The average Bonchev–Trinajstić information content (AvgIpc) is 2.50. The van der Waals surface area contributed by atoms with E-state index in [-0.39, 0.29) is 11.8 Å². The fourth-order valence-electron chi connectivity index (χ4n) is 2.43. The molecule has 0 spiro atoms. The number of sulfonamides is 1. The minimum absolute atomic E-state index is 0.117. The number of benzene rings is 1. The van der Waals surface area contributed by atoms with Gasteiger partial charge in [-0.05, 0) is 24.6 Å². The summed E-state index contributed by atoms with van der Waals surface area (Å²) in [4.78, 5) is 2.00. The van der Waals surface area contributed by atoms with E-state index in [0.717, 1.165) is 5.56 Å². The van der Waals surface area contributed by atoms with Gasteiger partial charge in [-0.1, -0.05) is 23.7 Å². The van der Waals surface area contributed by atoms with Crippen LogP contribution in [0.5, 0.6) is 0 Å². The highest BCUT2D eigenvalue weighted by Crippen LogP contribution is 2.23. The summed E-state index contributed by atoms with van der Waals surface area (Å²) in [6.45, 7) is 3.62. The van der Waals surface area contributed by atoms with E-state index >= 15 is 0 Å². The van der Waals surface area contributed by atoms with Crippen molar-refractivity contribution in [1.29, 1.82) is 5.26 Å². The van der Waals surface area contributed by atoms with E-state index in [1.54, 1.807) is 19.1 Å². The van der Waals surface area contributed by atoms with E-state index in [1.165, 1.54) is 4.31 Å². The Hall–Kier alpha value is -1.13. The van der Waals surface area contributed by atoms with Crippen LogP contribution in [0.15, 0.2) is 24.3 Å². The number of nitrogens with zero attached hydrogens (tertiary/aromatic N) is 3. The molecule has 1 fully saturated rings. The molecule has 1 saturated heterocycles. The average molecular weight is 328 g/mol. The Morgan fingerprint density at radius 1 is 1.24 bits per heavy atom. The molecule has 1 atom stereocenters. The van der Waals surface area contributed by atoms with Crippen LogP contribution < -0.4 is 0 Å². The molecule has 1 aromatic rings. The Kier molecular flexibility index (Phi) is 5.22. The molecule has 0 aromatic heterocycles. The molecule has 1 unspecified atom stereocenters. The van der Waals surface area contributed by atoms with Crippen LogP contribution >= 0.6 is 11.6 Å². The van der Waals surface area contributed by atoms with Crippen molar-refractivity contribution < 1.29 is 8.42 Å². The fourth-order valence-corrected chi connectivity index (χ4v) is 3.65. The zero-order valence-corrected chi connectivity index (χ0v) is 13.4. The van der Waals surface area contributed by atoms with Gasteiger partial charge >= 0.3 is 0 Å². The first-order valence-corrected chi connectivity index (χ1v) is 8.83. The van der Waals surface area contributed by atoms with Crippen LogP contribution in [-0.2, 0) is 10.0 Å². The highest BCUT2D eigenvalue weighted by Gasteiger charge is 2.29. The first kappa shape index (κ1) is 16.2. The van der Waals surface area contributed by atoms with E-state index in [0.29, 0.717) is 31.2 Å². The van der Waals surface area contributed by atoms with Crippen LogP contribution in [0.1, 0.15) is 18.5 Å². The van der Waals surface area contributed by atoms with Crippen molar-refractivity contribution in [3.05, 3.63) is 34.9 Å². The van der Waals surface area contributed by atoms with Gasteiger partial charge in [0.05, 0.1) is 11.8 Å². The van der Waals surface area contributed by atoms with Gasteiger partial charge in [0, 0.05) is 31.2 Å². The van der Waals surface area contributed by atoms with Gasteiger partial charge in [-0.25, -0.2) is 8.42 Å². The molecule has 0 radical (unpaired) electrons. The Morgan fingerprint density at radius 3 is 2.29 bits per heavy atom. The molecule has 1 aliphatic heterocycles. The molecule has 7 heteroatoms. The monoisotopic (exact) mass is 327 g/mol.